The van der Waals surface area contributed by atoms with Crippen LogP contribution in [0.15, 0.2) is 29.6 Å². The van der Waals surface area contributed by atoms with E-state index in [-0.39, 0.29) is 11.9 Å². The second kappa shape index (κ2) is 7.32. The molecule has 2 aromatic rings. The molecule has 2 unspecified atom stereocenters. The second-order valence-corrected chi connectivity index (χ2v) is 7.22. The number of piperazine rings is 1. The van der Waals surface area contributed by atoms with Crippen molar-refractivity contribution in [3.8, 4) is 5.75 Å². The molecule has 2 heterocycles. The quantitative estimate of drug-likeness (QED) is 0.926. The molecule has 1 aliphatic heterocycles. The van der Waals surface area contributed by atoms with Gasteiger partial charge in [-0.1, -0.05) is 6.07 Å². The Morgan fingerprint density at radius 3 is 3.04 bits per heavy atom. The summed E-state index contributed by atoms with van der Waals surface area (Å²) in [5.41, 5.74) is 1.58. The van der Waals surface area contributed by atoms with Crippen LogP contribution in [0.5, 0.6) is 5.75 Å². The summed E-state index contributed by atoms with van der Waals surface area (Å²) in [7, 11) is 0. The highest BCUT2D eigenvalue weighted by Crippen LogP contribution is 2.19. The molecule has 0 radical (unpaired) electrons. The average Bonchev–Trinajstić information content (AvgIpc) is 3.01. The number of rotatable bonds is 4. The summed E-state index contributed by atoms with van der Waals surface area (Å²) in [5, 5.41) is 6.42. The van der Waals surface area contributed by atoms with E-state index in [1.165, 1.54) is 0 Å². The fraction of sp³-hybridized carbons (Fsp3) is 0.444. The third-order valence-electron chi connectivity index (χ3n) is 4.43. The third-order valence-corrected chi connectivity index (χ3v) is 5.25. The lowest BCUT2D eigenvalue weighted by Crippen LogP contribution is -2.57. The van der Waals surface area contributed by atoms with Crippen LogP contribution < -0.4 is 10.1 Å². The number of hydrogen-bond acceptors (Lipinski definition) is 5. The van der Waals surface area contributed by atoms with Crippen molar-refractivity contribution in [1.82, 2.24) is 15.2 Å². The van der Waals surface area contributed by atoms with Gasteiger partial charge in [-0.3, -0.25) is 4.79 Å². The Morgan fingerprint density at radius 1 is 1.46 bits per heavy atom. The number of thiazole rings is 1. The molecule has 6 heteroatoms. The standard InChI is InChI=1S/C18H23N3O2S/c1-12-13(2)21(8-7-19-12)18(22)15-5-4-6-17(9-15)23-10-16-11-24-14(3)20-16/h4-6,9,11-13,19H,7-8,10H2,1-3H3. The van der Waals surface area contributed by atoms with E-state index in [4.69, 9.17) is 4.74 Å². The Balaban J connectivity index is 1.69. The minimum absolute atomic E-state index is 0.0609. The molecule has 0 bridgehead atoms. The number of nitrogens with zero attached hydrogens (tertiary/aromatic N) is 2. The molecule has 2 atom stereocenters. The van der Waals surface area contributed by atoms with Crippen LogP contribution >= 0.6 is 11.3 Å². The molecular weight excluding hydrogens is 322 g/mol. The fourth-order valence-corrected chi connectivity index (χ4v) is 3.46. The molecule has 1 aromatic carbocycles. The monoisotopic (exact) mass is 345 g/mol. The van der Waals surface area contributed by atoms with Crippen LogP contribution in [0.3, 0.4) is 0 Å². The molecule has 1 fully saturated rings. The van der Waals surface area contributed by atoms with Gasteiger partial charge in [-0.2, -0.15) is 0 Å². The normalized spacial score (nSPS) is 20.9. The van der Waals surface area contributed by atoms with Crippen LogP contribution in [-0.2, 0) is 6.61 Å². The maximum absolute atomic E-state index is 12.8. The zero-order valence-electron chi connectivity index (χ0n) is 14.3. The number of amides is 1. The van der Waals surface area contributed by atoms with Crippen LogP contribution in [0.25, 0.3) is 0 Å². The molecule has 1 saturated heterocycles. The van der Waals surface area contributed by atoms with Gasteiger partial charge in [0.05, 0.1) is 10.7 Å². The van der Waals surface area contributed by atoms with Gasteiger partial charge in [-0.25, -0.2) is 4.98 Å². The van der Waals surface area contributed by atoms with E-state index in [9.17, 15) is 4.79 Å². The summed E-state index contributed by atoms with van der Waals surface area (Å²) in [6.45, 7) is 8.15. The Morgan fingerprint density at radius 2 is 2.29 bits per heavy atom. The van der Waals surface area contributed by atoms with Gasteiger partial charge in [0, 0.05) is 36.1 Å². The number of hydrogen-bond donors (Lipinski definition) is 1. The van der Waals surface area contributed by atoms with E-state index in [1.54, 1.807) is 11.3 Å². The van der Waals surface area contributed by atoms with Gasteiger partial charge < -0.3 is 15.0 Å². The molecule has 0 spiro atoms. The smallest absolute Gasteiger partial charge is 0.254 e. The average molecular weight is 345 g/mol. The van der Waals surface area contributed by atoms with Crippen molar-refractivity contribution in [2.24, 2.45) is 0 Å². The minimum Gasteiger partial charge on any atom is -0.487 e. The fourth-order valence-electron chi connectivity index (χ4n) is 2.86. The lowest BCUT2D eigenvalue weighted by Gasteiger charge is -2.38. The zero-order valence-corrected chi connectivity index (χ0v) is 15.1. The molecule has 24 heavy (non-hydrogen) atoms. The number of nitrogens with one attached hydrogen (secondary N) is 1. The lowest BCUT2D eigenvalue weighted by molar-refractivity contribution is 0.0602. The molecule has 3 rings (SSSR count). The van der Waals surface area contributed by atoms with Gasteiger partial charge in [0.1, 0.15) is 12.4 Å². The first-order valence-electron chi connectivity index (χ1n) is 8.23. The molecule has 1 aliphatic rings. The Labute approximate surface area is 146 Å². The number of carbonyl (C=O) groups is 1. The molecule has 128 valence electrons. The van der Waals surface area contributed by atoms with Crippen molar-refractivity contribution < 1.29 is 9.53 Å². The van der Waals surface area contributed by atoms with Crippen molar-refractivity contribution in [1.29, 1.82) is 0 Å². The van der Waals surface area contributed by atoms with Crippen molar-refractivity contribution in [3.05, 3.63) is 45.9 Å². The van der Waals surface area contributed by atoms with E-state index < -0.39 is 0 Å². The van der Waals surface area contributed by atoms with Crippen molar-refractivity contribution in [2.75, 3.05) is 13.1 Å². The highest BCUT2D eigenvalue weighted by Gasteiger charge is 2.28. The van der Waals surface area contributed by atoms with Crippen LogP contribution in [0.4, 0.5) is 0 Å². The van der Waals surface area contributed by atoms with Gasteiger partial charge in [0.2, 0.25) is 0 Å². The van der Waals surface area contributed by atoms with E-state index in [2.05, 4.69) is 24.1 Å². The largest absolute Gasteiger partial charge is 0.487 e. The van der Waals surface area contributed by atoms with E-state index in [0.717, 1.165) is 23.8 Å². The van der Waals surface area contributed by atoms with Gasteiger partial charge in [-0.05, 0) is 39.0 Å². The van der Waals surface area contributed by atoms with Crippen LogP contribution in [-0.4, -0.2) is 41.0 Å². The van der Waals surface area contributed by atoms with E-state index >= 15 is 0 Å². The second-order valence-electron chi connectivity index (χ2n) is 6.16. The number of benzene rings is 1. The van der Waals surface area contributed by atoms with Crippen molar-refractivity contribution in [2.45, 2.75) is 39.5 Å². The minimum atomic E-state index is 0.0609. The number of aryl methyl sites for hydroxylation is 1. The van der Waals surface area contributed by atoms with E-state index in [1.807, 2.05) is 41.5 Å². The maximum atomic E-state index is 12.8. The first-order chi connectivity index (χ1) is 11.5. The molecular formula is C18H23N3O2S. The lowest BCUT2D eigenvalue weighted by atomic mass is 10.1. The van der Waals surface area contributed by atoms with Crippen LogP contribution in [0.2, 0.25) is 0 Å². The maximum Gasteiger partial charge on any atom is 0.254 e. The summed E-state index contributed by atoms with van der Waals surface area (Å²) < 4.78 is 5.79. The number of aromatic nitrogens is 1. The van der Waals surface area contributed by atoms with Crippen LogP contribution in [0, 0.1) is 6.92 Å². The van der Waals surface area contributed by atoms with Gasteiger partial charge in [0.15, 0.2) is 0 Å². The summed E-state index contributed by atoms with van der Waals surface area (Å²) in [5.74, 6) is 0.758. The molecule has 5 nitrogen and oxygen atoms in total. The predicted octanol–water partition coefficient (Wildman–Crippen LogP) is 2.85. The summed E-state index contributed by atoms with van der Waals surface area (Å²) in [4.78, 5) is 19.1. The number of ether oxygens (including phenoxy) is 1. The Bertz CT molecular complexity index is 716. The van der Waals surface area contributed by atoms with Gasteiger partial charge in [0.25, 0.3) is 5.91 Å². The van der Waals surface area contributed by atoms with Gasteiger partial charge >= 0.3 is 0 Å². The highest BCUT2D eigenvalue weighted by molar-refractivity contribution is 7.09. The predicted molar refractivity (Wildman–Crippen MR) is 95.6 cm³/mol. The van der Waals surface area contributed by atoms with E-state index in [0.29, 0.717) is 24.0 Å². The molecule has 0 aliphatic carbocycles. The highest BCUT2D eigenvalue weighted by atomic mass is 32.1. The van der Waals surface area contributed by atoms with Crippen molar-refractivity contribution in [3.63, 3.8) is 0 Å². The third kappa shape index (κ3) is 3.76. The number of carbonyl (C=O) groups excluding carboxylic acids is 1. The molecule has 0 saturated carbocycles. The first-order valence-corrected chi connectivity index (χ1v) is 9.11. The first kappa shape index (κ1) is 16.9. The summed E-state index contributed by atoms with van der Waals surface area (Å²) in [6.07, 6.45) is 0. The topological polar surface area (TPSA) is 54.5 Å². The zero-order chi connectivity index (χ0) is 17.1. The van der Waals surface area contributed by atoms with Crippen LogP contribution in [0.1, 0.15) is 34.9 Å². The van der Waals surface area contributed by atoms with Crippen molar-refractivity contribution >= 4 is 17.2 Å². The summed E-state index contributed by atoms with van der Waals surface area (Å²) >= 11 is 1.61. The molecule has 1 amide bonds. The molecule has 1 N–H and O–H groups in total. The SMILES string of the molecule is Cc1nc(COc2cccc(C(=O)N3CCNC(C)C3C)c2)cs1. The van der Waals surface area contributed by atoms with Gasteiger partial charge in [-0.15, -0.1) is 11.3 Å². The Kier molecular flexibility index (Phi) is 5.16. The summed E-state index contributed by atoms with van der Waals surface area (Å²) in [6, 6.07) is 7.89. The Hall–Kier alpha value is -1.92. The molecule has 1 aromatic heterocycles.